The van der Waals surface area contributed by atoms with Crippen molar-refractivity contribution in [3.63, 3.8) is 0 Å². The third-order valence-electron chi connectivity index (χ3n) is 4.47. The number of amides is 1. The molecule has 1 aliphatic heterocycles. The molecule has 2 aromatic rings. The van der Waals surface area contributed by atoms with E-state index in [-0.39, 0.29) is 11.9 Å². The van der Waals surface area contributed by atoms with Crippen LogP contribution in [0.4, 0.5) is 5.82 Å². The molecule has 3 rings (SSSR count). The molecule has 24 heavy (non-hydrogen) atoms. The van der Waals surface area contributed by atoms with Gasteiger partial charge in [0.15, 0.2) is 0 Å². The molecular weight excluding hydrogens is 298 g/mol. The maximum atomic E-state index is 11.4. The summed E-state index contributed by atoms with van der Waals surface area (Å²) < 4.78 is 0. The largest absolute Gasteiger partial charge is 0.357 e. The molecule has 0 bridgehead atoms. The molecule has 1 saturated heterocycles. The molecule has 0 aliphatic carbocycles. The lowest BCUT2D eigenvalue weighted by molar-refractivity contribution is -0.117. The van der Waals surface area contributed by atoms with Gasteiger partial charge in [-0.1, -0.05) is 30.8 Å². The zero-order valence-electron chi connectivity index (χ0n) is 14.0. The molecular formula is C20H23N3O. The third kappa shape index (κ3) is 3.65. The molecule has 124 valence electrons. The molecule has 1 fully saturated rings. The van der Waals surface area contributed by atoms with Crippen LogP contribution in [0.3, 0.4) is 0 Å². The lowest BCUT2D eigenvalue weighted by Gasteiger charge is -2.16. The Balaban J connectivity index is 1.70. The average molecular weight is 321 g/mol. The van der Waals surface area contributed by atoms with Crippen molar-refractivity contribution in [3.8, 4) is 11.1 Å². The van der Waals surface area contributed by atoms with Crippen molar-refractivity contribution in [1.29, 1.82) is 0 Å². The second-order valence-corrected chi connectivity index (χ2v) is 6.16. The zero-order chi connectivity index (χ0) is 16.9. The van der Waals surface area contributed by atoms with E-state index in [2.05, 4.69) is 46.0 Å². The topological polar surface area (TPSA) is 45.2 Å². The third-order valence-corrected chi connectivity index (χ3v) is 4.47. The van der Waals surface area contributed by atoms with Gasteiger partial charge in [-0.2, -0.15) is 0 Å². The van der Waals surface area contributed by atoms with Gasteiger partial charge in [-0.05, 0) is 49.1 Å². The van der Waals surface area contributed by atoms with Crippen LogP contribution in [0, 0.1) is 0 Å². The Morgan fingerprint density at radius 2 is 1.83 bits per heavy atom. The summed E-state index contributed by atoms with van der Waals surface area (Å²) in [7, 11) is 0. The fourth-order valence-corrected chi connectivity index (χ4v) is 3.01. The van der Waals surface area contributed by atoms with Gasteiger partial charge in [-0.25, -0.2) is 4.98 Å². The first kappa shape index (κ1) is 16.2. The molecule has 4 heteroatoms. The average Bonchev–Trinajstić information content (AvgIpc) is 3.16. The number of aromatic nitrogens is 1. The van der Waals surface area contributed by atoms with Crippen LogP contribution in [0.5, 0.6) is 0 Å². The van der Waals surface area contributed by atoms with Gasteiger partial charge in [0, 0.05) is 24.8 Å². The summed E-state index contributed by atoms with van der Waals surface area (Å²) in [6.07, 6.45) is 5.74. The van der Waals surface area contributed by atoms with E-state index in [9.17, 15) is 4.79 Å². The number of rotatable bonds is 5. The highest BCUT2D eigenvalue weighted by Crippen LogP contribution is 2.24. The molecule has 0 radical (unpaired) electrons. The van der Waals surface area contributed by atoms with Gasteiger partial charge < -0.3 is 10.2 Å². The van der Waals surface area contributed by atoms with Crippen LogP contribution >= 0.6 is 0 Å². The van der Waals surface area contributed by atoms with Gasteiger partial charge in [0.1, 0.15) is 5.82 Å². The molecule has 1 N–H and O–H groups in total. The second-order valence-electron chi connectivity index (χ2n) is 6.16. The van der Waals surface area contributed by atoms with E-state index >= 15 is 0 Å². The first-order chi connectivity index (χ1) is 11.7. The number of pyridine rings is 1. The van der Waals surface area contributed by atoms with Gasteiger partial charge in [0.05, 0.1) is 6.04 Å². The normalized spacial score (nSPS) is 15.1. The summed E-state index contributed by atoms with van der Waals surface area (Å²) >= 11 is 0. The number of anilines is 1. The van der Waals surface area contributed by atoms with E-state index in [4.69, 9.17) is 0 Å². The number of hydrogen-bond acceptors (Lipinski definition) is 3. The number of carbonyl (C=O) groups excluding carboxylic acids is 1. The van der Waals surface area contributed by atoms with E-state index in [1.165, 1.54) is 18.9 Å². The Morgan fingerprint density at radius 1 is 1.17 bits per heavy atom. The lowest BCUT2D eigenvalue weighted by atomic mass is 10.0. The molecule has 1 aromatic heterocycles. The Morgan fingerprint density at radius 3 is 2.42 bits per heavy atom. The number of benzene rings is 1. The standard InChI is InChI=1S/C20H23N3O/c1-3-20(24)22-15(2)16-6-8-17(9-7-16)18-10-11-19(21-14-18)23-12-4-5-13-23/h3,6-11,14-15H,1,4-5,12-13H2,2H3,(H,22,24)/t15-/m1/s1. The summed E-state index contributed by atoms with van der Waals surface area (Å²) in [5.74, 6) is 0.905. The van der Waals surface area contributed by atoms with Crippen LogP contribution in [0.25, 0.3) is 11.1 Å². The summed E-state index contributed by atoms with van der Waals surface area (Å²) in [6.45, 7) is 7.65. The summed E-state index contributed by atoms with van der Waals surface area (Å²) in [6, 6.07) is 12.4. The summed E-state index contributed by atoms with van der Waals surface area (Å²) in [5.41, 5.74) is 3.30. The summed E-state index contributed by atoms with van der Waals surface area (Å²) in [4.78, 5) is 18.3. The van der Waals surface area contributed by atoms with Gasteiger partial charge in [0.2, 0.25) is 5.91 Å². The molecule has 0 spiro atoms. The number of carbonyl (C=O) groups is 1. The number of nitrogens with zero attached hydrogens (tertiary/aromatic N) is 2. The van der Waals surface area contributed by atoms with Crippen molar-refractivity contribution in [3.05, 3.63) is 60.8 Å². The van der Waals surface area contributed by atoms with E-state index < -0.39 is 0 Å². The molecule has 0 saturated carbocycles. The van der Waals surface area contributed by atoms with Crippen LogP contribution in [0.1, 0.15) is 31.4 Å². The predicted octanol–water partition coefficient (Wildman–Crippen LogP) is 3.71. The van der Waals surface area contributed by atoms with Crippen LogP contribution < -0.4 is 10.2 Å². The Kier molecular flexibility index (Phi) is 4.94. The van der Waals surface area contributed by atoms with E-state index in [1.807, 2.05) is 25.3 Å². The van der Waals surface area contributed by atoms with Gasteiger partial charge in [-0.15, -0.1) is 0 Å². The van der Waals surface area contributed by atoms with Crippen molar-refractivity contribution in [2.75, 3.05) is 18.0 Å². The van der Waals surface area contributed by atoms with Crippen molar-refractivity contribution in [1.82, 2.24) is 10.3 Å². The van der Waals surface area contributed by atoms with Crippen LogP contribution in [-0.4, -0.2) is 24.0 Å². The minimum absolute atomic E-state index is 0.0415. The van der Waals surface area contributed by atoms with Crippen molar-refractivity contribution in [2.24, 2.45) is 0 Å². The predicted molar refractivity (Wildman–Crippen MR) is 97.9 cm³/mol. The van der Waals surface area contributed by atoms with Crippen LogP contribution in [0.2, 0.25) is 0 Å². The van der Waals surface area contributed by atoms with Gasteiger partial charge in [0.25, 0.3) is 0 Å². The highest BCUT2D eigenvalue weighted by molar-refractivity contribution is 5.87. The maximum Gasteiger partial charge on any atom is 0.243 e. The Bertz CT molecular complexity index is 701. The minimum atomic E-state index is -0.159. The quantitative estimate of drug-likeness (QED) is 0.854. The number of hydrogen-bond donors (Lipinski definition) is 1. The van der Waals surface area contributed by atoms with E-state index in [0.717, 1.165) is 35.6 Å². The molecule has 1 aliphatic rings. The van der Waals surface area contributed by atoms with Gasteiger partial charge in [-0.3, -0.25) is 4.79 Å². The SMILES string of the molecule is C=CC(=O)N[C@H](C)c1ccc(-c2ccc(N3CCCC3)nc2)cc1. The first-order valence-electron chi connectivity index (χ1n) is 8.41. The highest BCUT2D eigenvalue weighted by Gasteiger charge is 2.13. The van der Waals surface area contributed by atoms with Crippen molar-refractivity contribution >= 4 is 11.7 Å². The molecule has 0 unspecified atom stereocenters. The minimum Gasteiger partial charge on any atom is -0.357 e. The number of nitrogens with one attached hydrogen (secondary N) is 1. The maximum absolute atomic E-state index is 11.4. The fourth-order valence-electron chi connectivity index (χ4n) is 3.01. The van der Waals surface area contributed by atoms with Gasteiger partial charge >= 0.3 is 0 Å². The molecule has 1 atom stereocenters. The fraction of sp³-hybridized carbons (Fsp3) is 0.300. The van der Waals surface area contributed by atoms with Crippen molar-refractivity contribution in [2.45, 2.75) is 25.8 Å². The molecule has 4 nitrogen and oxygen atoms in total. The van der Waals surface area contributed by atoms with E-state index in [0.29, 0.717) is 0 Å². The monoisotopic (exact) mass is 321 g/mol. The first-order valence-corrected chi connectivity index (χ1v) is 8.41. The zero-order valence-corrected chi connectivity index (χ0v) is 14.0. The molecule has 1 amide bonds. The van der Waals surface area contributed by atoms with Crippen LogP contribution in [-0.2, 0) is 4.79 Å². The van der Waals surface area contributed by atoms with Crippen LogP contribution in [0.15, 0.2) is 55.3 Å². The highest BCUT2D eigenvalue weighted by atomic mass is 16.1. The Labute approximate surface area is 143 Å². The summed E-state index contributed by atoms with van der Waals surface area (Å²) in [5, 5.41) is 2.87. The van der Waals surface area contributed by atoms with E-state index in [1.54, 1.807) is 0 Å². The second kappa shape index (κ2) is 7.30. The molecule has 2 heterocycles. The van der Waals surface area contributed by atoms with Crippen molar-refractivity contribution < 1.29 is 4.79 Å². The lowest BCUT2D eigenvalue weighted by Crippen LogP contribution is -2.24. The molecule has 1 aromatic carbocycles. The Hall–Kier alpha value is -2.62. The smallest absolute Gasteiger partial charge is 0.243 e.